The number of hydrogen-bond acceptors (Lipinski definition) is 7. The summed E-state index contributed by atoms with van der Waals surface area (Å²) < 4.78 is 26.0. The largest absolute Gasteiger partial charge is 0.326 e. The molecule has 0 aliphatic heterocycles. The monoisotopic (exact) mass is 276 g/mol. The van der Waals surface area contributed by atoms with Crippen LogP contribution in [0.15, 0.2) is 21.9 Å². The molecule has 86 valence electrons. The molecule has 9 heteroatoms. The first-order valence-corrected chi connectivity index (χ1v) is 7.42. The fourth-order valence-electron chi connectivity index (χ4n) is 1.000. The summed E-state index contributed by atoms with van der Waals surface area (Å²) >= 11 is 2.44. The number of aromatic nitrogens is 2. The average molecular weight is 276 g/mol. The van der Waals surface area contributed by atoms with Crippen LogP contribution in [0.1, 0.15) is 4.88 Å². The lowest BCUT2D eigenvalue weighted by Gasteiger charge is -2.00. The Hall–Kier alpha value is -1.03. The molecule has 0 saturated heterocycles. The van der Waals surface area contributed by atoms with Gasteiger partial charge in [-0.05, 0) is 6.07 Å². The molecule has 2 rings (SSSR count). The lowest BCUT2D eigenvalue weighted by Crippen LogP contribution is -2.11. The van der Waals surface area contributed by atoms with Crippen LogP contribution >= 0.6 is 22.7 Å². The van der Waals surface area contributed by atoms with Crippen LogP contribution in [0.5, 0.6) is 0 Å². The van der Waals surface area contributed by atoms with Crippen molar-refractivity contribution in [3.05, 3.63) is 21.8 Å². The lowest BCUT2D eigenvalue weighted by atomic mass is 10.5. The highest BCUT2D eigenvalue weighted by molar-refractivity contribution is 7.93. The number of nitrogens with zero attached hydrogens (tertiary/aromatic N) is 2. The van der Waals surface area contributed by atoms with E-state index >= 15 is 0 Å². The summed E-state index contributed by atoms with van der Waals surface area (Å²) in [7, 11) is -3.56. The third kappa shape index (κ3) is 2.38. The molecule has 2 heterocycles. The molecule has 0 saturated carbocycles. The standard InChI is InChI=1S/C7H8N4O2S3/c8-2-5-1-6(3-14-5)16(12,13)11-7-10-9-4-15-7/h1,3-4H,2,8H2,(H,10,11). The fourth-order valence-corrected chi connectivity index (χ4v) is 3.85. The second-order valence-corrected chi connectivity index (χ2v) is 6.31. The minimum absolute atomic E-state index is 0.202. The number of thiophene rings is 1. The van der Waals surface area contributed by atoms with Gasteiger partial charge in [0.05, 0.1) is 4.90 Å². The SMILES string of the molecule is NCc1cc(S(=O)(=O)Nc2nncs2)cs1. The van der Waals surface area contributed by atoms with E-state index in [1.165, 1.54) is 16.8 Å². The zero-order valence-electron chi connectivity index (χ0n) is 7.95. The molecule has 0 unspecified atom stereocenters. The highest BCUT2D eigenvalue weighted by Crippen LogP contribution is 2.21. The van der Waals surface area contributed by atoms with Gasteiger partial charge in [-0.1, -0.05) is 11.3 Å². The molecule has 0 spiro atoms. The van der Waals surface area contributed by atoms with Crippen molar-refractivity contribution in [2.75, 3.05) is 4.72 Å². The van der Waals surface area contributed by atoms with Crippen molar-refractivity contribution in [3.63, 3.8) is 0 Å². The number of nitrogens with two attached hydrogens (primary N) is 1. The Labute approximate surface area is 100 Å². The Morgan fingerprint density at radius 1 is 1.44 bits per heavy atom. The normalized spacial score (nSPS) is 11.6. The van der Waals surface area contributed by atoms with Crippen LogP contribution in [-0.2, 0) is 16.6 Å². The number of hydrogen-bond donors (Lipinski definition) is 2. The Morgan fingerprint density at radius 3 is 2.81 bits per heavy atom. The van der Waals surface area contributed by atoms with Crippen molar-refractivity contribution in [2.24, 2.45) is 5.73 Å². The maximum absolute atomic E-state index is 11.8. The van der Waals surface area contributed by atoms with Crippen LogP contribution in [0.25, 0.3) is 0 Å². The summed E-state index contributed by atoms with van der Waals surface area (Å²) in [6, 6.07) is 1.55. The topological polar surface area (TPSA) is 98.0 Å². The second kappa shape index (κ2) is 4.45. The van der Waals surface area contributed by atoms with Crippen molar-refractivity contribution in [3.8, 4) is 0 Å². The molecule has 0 aliphatic rings. The molecular weight excluding hydrogens is 268 g/mol. The maximum atomic E-state index is 11.8. The third-order valence-electron chi connectivity index (χ3n) is 1.72. The minimum Gasteiger partial charge on any atom is -0.326 e. The van der Waals surface area contributed by atoms with Gasteiger partial charge in [0.2, 0.25) is 5.13 Å². The number of rotatable bonds is 4. The second-order valence-electron chi connectivity index (χ2n) is 2.80. The third-order valence-corrected chi connectivity index (χ3v) is 4.89. The Balaban J connectivity index is 2.25. The summed E-state index contributed by atoms with van der Waals surface area (Å²) in [5.74, 6) is 0. The molecule has 2 aromatic heterocycles. The number of nitrogens with one attached hydrogen (secondary N) is 1. The molecule has 16 heavy (non-hydrogen) atoms. The van der Waals surface area contributed by atoms with Crippen molar-refractivity contribution >= 4 is 37.8 Å². The van der Waals surface area contributed by atoms with Crippen LogP contribution in [-0.4, -0.2) is 18.6 Å². The summed E-state index contributed by atoms with van der Waals surface area (Å²) in [6.45, 7) is 0.332. The molecule has 0 bridgehead atoms. The summed E-state index contributed by atoms with van der Waals surface area (Å²) in [5.41, 5.74) is 6.87. The van der Waals surface area contributed by atoms with Gasteiger partial charge in [-0.3, -0.25) is 4.72 Å². The van der Waals surface area contributed by atoms with E-state index in [0.29, 0.717) is 6.54 Å². The van der Waals surface area contributed by atoms with Gasteiger partial charge in [0.1, 0.15) is 5.51 Å². The zero-order chi connectivity index (χ0) is 11.6. The molecule has 0 fully saturated rings. The average Bonchev–Trinajstić information content (AvgIpc) is 2.85. The van der Waals surface area contributed by atoms with Crippen molar-refractivity contribution in [1.29, 1.82) is 0 Å². The van der Waals surface area contributed by atoms with E-state index in [1.807, 2.05) is 0 Å². The first-order chi connectivity index (χ1) is 7.62. The van der Waals surface area contributed by atoms with Crippen LogP contribution in [0.3, 0.4) is 0 Å². The van der Waals surface area contributed by atoms with Crippen molar-refractivity contribution in [1.82, 2.24) is 10.2 Å². The van der Waals surface area contributed by atoms with Crippen LogP contribution in [0, 0.1) is 0 Å². The van der Waals surface area contributed by atoms with E-state index in [1.54, 1.807) is 11.4 Å². The molecule has 3 N–H and O–H groups in total. The number of sulfonamides is 1. The smallest absolute Gasteiger partial charge is 0.264 e. The van der Waals surface area contributed by atoms with E-state index in [4.69, 9.17) is 5.73 Å². The van der Waals surface area contributed by atoms with Crippen molar-refractivity contribution in [2.45, 2.75) is 11.4 Å². The van der Waals surface area contributed by atoms with Gasteiger partial charge < -0.3 is 5.73 Å². The van der Waals surface area contributed by atoms with E-state index < -0.39 is 10.0 Å². The van der Waals surface area contributed by atoms with Gasteiger partial charge in [-0.15, -0.1) is 21.5 Å². The molecular formula is C7H8N4O2S3. The fraction of sp³-hybridized carbons (Fsp3) is 0.143. The number of anilines is 1. The van der Waals surface area contributed by atoms with Crippen LogP contribution in [0.4, 0.5) is 5.13 Å². The molecule has 0 atom stereocenters. The molecule has 2 aromatic rings. The lowest BCUT2D eigenvalue weighted by molar-refractivity contribution is 0.601. The molecule has 0 amide bonds. The van der Waals surface area contributed by atoms with Gasteiger partial charge >= 0.3 is 0 Å². The van der Waals surface area contributed by atoms with Crippen molar-refractivity contribution < 1.29 is 8.42 Å². The maximum Gasteiger partial charge on any atom is 0.264 e. The Kier molecular flexibility index (Phi) is 3.19. The van der Waals surface area contributed by atoms with Crippen LogP contribution in [0.2, 0.25) is 0 Å². The molecule has 0 aliphatic carbocycles. The summed E-state index contributed by atoms with van der Waals surface area (Å²) in [4.78, 5) is 1.02. The molecule has 0 radical (unpaired) electrons. The highest BCUT2D eigenvalue weighted by Gasteiger charge is 2.17. The quantitative estimate of drug-likeness (QED) is 0.863. The Bertz CT molecular complexity index is 560. The molecule has 6 nitrogen and oxygen atoms in total. The summed E-state index contributed by atoms with van der Waals surface area (Å²) in [5, 5.41) is 8.95. The first-order valence-electron chi connectivity index (χ1n) is 4.18. The first kappa shape index (κ1) is 11.5. The van der Waals surface area contributed by atoms with E-state index in [0.717, 1.165) is 16.2 Å². The Morgan fingerprint density at radius 2 is 2.25 bits per heavy atom. The van der Waals surface area contributed by atoms with Crippen LogP contribution < -0.4 is 10.5 Å². The predicted molar refractivity (Wildman–Crippen MR) is 62.9 cm³/mol. The zero-order valence-corrected chi connectivity index (χ0v) is 10.4. The minimum atomic E-state index is -3.56. The molecule has 0 aromatic carbocycles. The van der Waals surface area contributed by atoms with E-state index in [9.17, 15) is 8.42 Å². The van der Waals surface area contributed by atoms with Gasteiger partial charge in [0, 0.05) is 16.8 Å². The van der Waals surface area contributed by atoms with Gasteiger partial charge in [-0.2, -0.15) is 0 Å². The van der Waals surface area contributed by atoms with E-state index in [2.05, 4.69) is 14.9 Å². The summed E-state index contributed by atoms with van der Waals surface area (Å²) in [6.07, 6.45) is 0. The predicted octanol–water partition coefficient (Wildman–Crippen LogP) is 0.859. The van der Waals surface area contributed by atoms with Gasteiger partial charge in [0.25, 0.3) is 10.0 Å². The van der Waals surface area contributed by atoms with Gasteiger partial charge in [0.15, 0.2) is 0 Å². The van der Waals surface area contributed by atoms with E-state index in [-0.39, 0.29) is 10.0 Å². The highest BCUT2D eigenvalue weighted by atomic mass is 32.2. The van der Waals surface area contributed by atoms with Gasteiger partial charge in [-0.25, -0.2) is 8.42 Å².